The van der Waals surface area contributed by atoms with Crippen molar-refractivity contribution < 1.29 is 13.2 Å². The number of allylic oxidation sites excluding steroid dienone is 2. The highest BCUT2D eigenvalue weighted by atomic mass is 19.2. The van der Waals surface area contributed by atoms with Crippen LogP contribution in [0.1, 0.15) is 35.1 Å². The molecule has 0 saturated carbocycles. The summed E-state index contributed by atoms with van der Waals surface area (Å²) in [6.07, 6.45) is 7.39. The third kappa shape index (κ3) is 5.26. The van der Waals surface area contributed by atoms with Crippen LogP contribution in [0.25, 0.3) is 0 Å². The fraction of sp³-hybridized carbons (Fsp3) is 0.333. The number of unbranched alkanes of at least 4 members (excludes halogenated alkanes) is 1. The lowest BCUT2D eigenvalue weighted by Crippen LogP contribution is -1.99. The van der Waals surface area contributed by atoms with Crippen LogP contribution in [0, 0.1) is 18.6 Å². The van der Waals surface area contributed by atoms with Crippen molar-refractivity contribution >= 4 is 0 Å². The number of alkyl halides is 1. The zero-order valence-electron chi connectivity index (χ0n) is 14.0. The maximum absolute atomic E-state index is 13.9. The minimum absolute atomic E-state index is 0.335. The Hall–Kier alpha value is -2.03. The van der Waals surface area contributed by atoms with Crippen molar-refractivity contribution in [2.45, 2.75) is 39.0 Å². The molecule has 0 radical (unpaired) electrons. The van der Waals surface area contributed by atoms with E-state index in [0.717, 1.165) is 24.8 Å². The highest BCUT2D eigenvalue weighted by Gasteiger charge is 2.10. The largest absolute Gasteiger partial charge is 0.247 e. The summed E-state index contributed by atoms with van der Waals surface area (Å²) < 4.78 is 39.3. The molecule has 2 aromatic carbocycles. The number of benzene rings is 2. The topological polar surface area (TPSA) is 0 Å². The predicted molar refractivity (Wildman–Crippen MR) is 93.0 cm³/mol. The van der Waals surface area contributed by atoms with Crippen molar-refractivity contribution in [2.75, 3.05) is 6.67 Å². The normalized spacial score (nSPS) is 11.3. The molecule has 0 aliphatic carbocycles. The zero-order chi connectivity index (χ0) is 17.4. The van der Waals surface area contributed by atoms with Gasteiger partial charge in [-0.2, -0.15) is 0 Å². The Morgan fingerprint density at radius 2 is 1.46 bits per heavy atom. The first-order valence-corrected chi connectivity index (χ1v) is 8.34. The number of rotatable bonds is 8. The third-order valence-electron chi connectivity index (χ3n) is 4.15. The highest BCUT2D eigenvalue weighted by Crippen LogP contribution is 2.18. The number of aryl methyl sites for hydroxylation is 4. The molecule has 0 atom stereocenters. The van der Waals surface area contributed by atoms with Crippen molar-refractivity contribution in [1.82, 2.24) is 0 Å². The summed E-state index contributed by atoms with van der Waals surface area (Å²) in [7, 11) is 0. The molecule has 0 aliphatic rings. The van der Waals surface area contributed by atoms with E-state index in [1.54, 1.807) is 19.1 Å². The molecular formula is C21H23F3. The van der Waals surface area contributed by atoms with Crippen molar-refractivity contribution in [2.24, 2.45) is 0 Å². The monoisotopic (exact) mass is 332 g/mol. The highest BCUT2D eigenvalue weighted by molar-refractivity contribution is 5.28. The van der Waals surface area contributed by atoms with E-state index in [0.29, 0.717) is 24.0 Å². The van der Waals surface area contributed by atoms with Gasteiger partial charge in [0.1, 0.15) is 6.67 Å². The van der Waals surface area contributed by atoms with Gasteiger partial charge < -0.3 is 0 Å². The summed E-state index contributed by atoms with van der Waals surface area (Å²) in [5.41, 5.74) is 3.10. The van der Waals surface area contributed by atoms with Crippen molar-refractivity contribution in [3.63, 3.8) is 0 Å². The lowest BCUT2D eigenvalue weighted by Gasteiger charge is -2.07. The minimum atomic E-state index is -0.746. The second-order valence-electron chi connectivity index (χ2n) is 6.00. The van der Waals surface area contributed by atoms with E-state index in [1.807, 2.05) is 18.2 Å². The summed E-state index contributed by atoms with van der Waals surface area (Å²) >= 11 is 0. The Balaban J connectivity index is 1.86. The molecule has 0 spiro atoms. The summed E-state index contributed by atoms with van der Waals surface area (Å²) in [6, 6.07) is 11.5. The molecule has 0 saturated heterocycles. The number of hydrogen-bond acceptors (Lipinski definition) is 0. The van der Waals surface area contributed by atoms with Crippen LogP contribution in [0.5, 0.6) is 0 Å². The van der Waals surface area contributed by atoms with Gasteiger partial charge in [0.05, 0.1) is 0 Å². The van der Waals surface area contributed by atoms with E-state index >= 15 is 0 Å². The summed E-state index contributed by atoms with van der Waals surface area (Å²) in [4.78, 5) is 0. The number of halogens is 3. The quantitative estimate of drug-likeness (QED) is 0.416. The molecule has 3 heteroatoms. The molecule has 128 valence electrons. The van der Waals surface area contributed by atoms with E-state index in [4.69, 9.17) is 0 Å². The molecule has 2 aromatic rings. The van der Waals surface area contributed by atoms with Gasteiger partial charge in [0.25, 0.3) is 0 Å². The molecule has 0 unspecified atom stereocenters. The van der Waals surface area contributed by atoms with Crippen LogP contribution >= 0.6 is 0 Å². The summed E-state index contributed by atoms with van der Waals surface area (Å²) in [6.45, 7) is 1.16. The van der Waals surface area contributed by atoms with Crippen LogP contribution in [0.2, 0.25) is 0 Å². The van der Waals surface area contributed by atoms with Crippen LogP contribution in [0.15, 0.2) is 48.6 Å². The molecule has 0 aromatic heterocycles. The minimum Gasteiger partial charge on any atom is -0.247 e. The smallest absolute Gasteiger partial charge is 0.162 e. The first kappa shape index (κ1) is 18.3. The Morgan fingerprint density at radius 1 is 0.792 bits per heavy atom. The fourth-order valence-electron chi connectivity index (χ4n) is 2.64. The van der Waals surface area contributed by atoms with Crippen LogP contribution in [0.4, 0.5) is 13.2 Å². The SMILES string of the molecule is Cc1ccc(CCc2ccc(CCC/C=C/CF)cc2)c(F)c1F. The van der Waals surface area contributed by atoms with E-state index in [9.17, 15) is 13.2 Å². The summed E-state index contributed by atoms with van der Waals surface area (Å²) in [5.74, 6) is -1.47. The Morgan fingerprint density at radius 3 is 2.12 bits per heavy atom. The van der Waals surface area contributed by atoms with Crippen molar-refractivity contribution in [1.29, 1.82) is 0 Å². The Kier molecular flexibility index (Phi) is 7.10. The van der Waals surface area contributed by atoms with E-state index in [2.05, 4.69) is 12.1 Å². The van der Waals surface area contributed by atoms with E-state index in [-0.39, 0.29) is 0 Å². The second kappa shape index (κ2) is 9.31. The molecule has 0 aliphatic heterocycles. The average Bonchev–Trinajstić information content (AvgIpc) is 2.60. The van der Waals surface area contributed by atoms with Gasteiger partial charge in [-0.3, -0.25) is 0 Å². The third-order valence-corrected chi connectivity index (χ3v) is 4.15. The van der Waals surface area contributed by atoms with Crippen LogP contribution < -0.4 is 0 Å². The van der Waals surface area contributed by atoms with Crippen LogP contribution in [-0.2, 0) is 19.3 Å². The van der Waals surface area contributed by atoms with Gasteiger partial charge in [-0.1, -0.05) is 48.6 Å². The van der Waals surface area contributed by atoms with Gasteiger partial charge in [-0.25, -0.2) is 13.2 Å². The van der Waals surface area contributed by atoms with Gasteiger partial charge in [-0.05, 0) is 61.3 Å². The maximum Gasteiger partial charge on any atom is 0.162 e. The summed E-state index contributed by atoms with van der Waals surface area (Å²) in [5, 5.41) is 0. The average molecular weight is 332 g/mol. The first-order chi connectivity index (χ1) is 11.6. The van der Waals surface area contributed by atoms with Crippen molar-refractivity contribution in [3.8, 4) is 0 Å². The van der Waals surface area contributed by atoms with Gasteiger partial charge in [0.2, 0.25) is 0 Å². The van der Waals surface area contributed by atoms with Crippen molar-refractivity contribution in [3.05, 3.63) is 82.4 Å². The van der Waals surface area contributed by atoms with E-state index < -0.39 is 18.3 Å². The van der Waals surface area contributed by atoms with Gasteiger partial charge in [-0.15, -0.1) is 0 Å². The molecule has 2 rings (SSSR count). The molecule has 0 heterocycles. The standard InChI is InChI=1S/C21H23F3/c1-16-7-13-19(21(24)20(16)23)14-12-18-10-8-17(9-11-18)6-4-2-3-5-15-22/h3,5,7-11,13H,2,4,6,12,14-15H2,1H3/b5-3+. The predicted octanol–water partition coefficient (Wildman–Crippen LogP) is 5.91. The molecule has 0 amide bonds. The van der Waals surface area contributed by atoms with Crippen LogP contribution in [-0.4, -0.2) is 6.67 Å². The first-order valence-electron chi connectivity index (χ1n) is 8.34. The van der Waals surface area contributed by atoms with Gasteiger partial charge in [0, 0.05) is 0 Å². The van der Waals surface area contributed by atoms with E-state index in [1.165, 1.54) is 11.6 Å². The molecule has 0 fully saturated rings. The maximum atomic E-state index is 13.9. The van der Waals surface area contributed by atoms with Gasteiger partial charge >= 0.3 is 0 Å². The molecule has 0 nitrogen and oxygen atoms in total. The second-order valence-corrected chi connectivity index (χ2v) is 6.00. The fourth-order valence-corrected chi connectivity index (χ4v) is 2.64. The Labute approximate surface area is 142 Å². The molecule has 0 N–H and O–H groups in total. The number of hydrogen-bond donors (Lipinski definition) is 0. The van der Waals surface area contributed by atoms with Gasteiger partial charge in [0.15, 0.2) is 11.6 Å². The molecule has 24 heavy (non-hydrogen) atoms. The zero-order valence-corrected chi connectivity index (χ0v) is 14.0. The molecular weight excluding hydrogens is 309 g/mol. The molecule has 0 bridgehead atoms. The lowest BCUT2D eigenvalue weighted by atomic mass is 10.0. The Bertz CT molecular complexity index is 672. The van der Waals surface area contributed by atoms with Crippen LogP contribution in [0.3, 0.4) is 0 Å². The lowest BCUT2D eigenvalue weighted by molar-refractivity contribution is 0.493.